The van der Waals surface area contributed by atoms with Gasteiger partial charge in [0.05, 0.1) is 4.75 Å². The minimum Gasteiger partial charge on any atom is -0.352 e. The fourth-order valence-electron chi connectivity index (χ4n) is 1.88. The summed E-state index contributed by atoms with van der Waals surface area (Å²) in [7, 11) is 0. The minimum absolute atomic E-state index is 0.115. The quantitative estimate of drug-likeness (QED) is 0.777. The third-order valence-electron chi connectivity index (χ3n) is 2.75. The number of halogens is 1. The number of carbonyl (C=O) groups is 1. The SMILES string of the molecule is CC(Cl)CC(C)NC(=O)C1(C)CCCS1. The molecular weight excluding hydrogens is 230 g/mol. The summed E-state index contributed by atoms with van der Waals surface area (Å²) >= 11 is 7.66. The topological polar surface area (TPSA) is 29.1 Å². The first-order chi connectivity index (χ1) is 6.94. The molecule has 4 heteroatoms. The maximum Gasteiger partial charge on any atom is 0.236 e. The van der Waals surface area contributed by atoms with Gasteiger partial charge in [0, 0.05) is 11.4 Å². The molecule has 0 aromatic carbocycles. The van der Waals surface area contributed by atoms with Crippen LogP contribution in [0.3, 0.4) is 0 Å². The summed E-state index contributed by atoms with van der Waals surface area (Å²) in [6, 6.07) is 0.169. The Labute approximate surface area is 102 Å². The molecular formula is C11H20ClNOS. The third kappa shape index (κ3) is 3.87. The van der Waals surface area contributed by atoms with Crippen molar-refractivity contribution >= 4 is 29.3 Å². The summed E-state index contributed by atoms with van der Waals surface area (Å²) in [4.78, 5) is 12.0. The molecule has 0 radical (unpaired) electrons. The van der Waals surface area contributed by atoms with Gasteiger partial charge in [0.2, 0.25) is 5.91 Å². The van der Waals surface area contributed by atoms with Gasteiger partial charge in [-0.1, -0.05) is 0 Å². The lowest BCUT2D eigenvalue weighted by atomic mass is 10.0. The molecule has 0 aliphatic carbocycles. The van der Waals surface area contributed by atoms with Crippen LogP contribution >= 0.6 is 23.4 Å². The fourth-order valence-corrected chi connectivity index (χ4v) is 3.37. The van der Waals surface area contributed by atoms with Crippen molar-refractivity contribution in [1.29, 1.82) is 0 Å². The van der Waals surface area contributed by atoms with Crippen molar-refractivity contribution in [2.45, 2.75) is 56.2 Å². The highest BCUT2D eigenvalue weighted by Crippen LogP contribution is 2.37. The van der Waals surface area contributed by atoms with E-state index in [0.29, 0.717) is 0 Å². The zero-order chi connectivity index (χ0) is 11.5. The van der Waals surface area contributed by atoms with E-state index in [1.165, 1.54) is 0 Å². The van der Waals surface area contributed by atoms with E-state index >= 15 is 0 Å². The number of hydrogen-bond donors (Lipinski definition) is 1. The van der Waals surface area contributed by atoms with Crippen LogP contribution in [0.2, 0.25) is 0 Å². The van der Waals surface area contributed by atoms with Crippen LogP contribution in [0, 0.1) is 0 Å². The molecule has 1 aliphatic heterocycles. The van der Waals surface area contributed by atoms with Gasteiger partial charge in [-0.2, -0.15) is 0 Å². The fraction of sp³-hybridized carbons (Fsp3) is 0.909. The summed E-state index contributed by atoms with van der Waals surface area (Å²) < 4.78 is -0.205. The van der Waals surface area contributed by atoms with Crippen LogP contribution in [-0.2, 0) is 4.79 Å². The van der Waals surface area contributed by atoms with Crippen LogP contribution in [-0.4, -0.2) is 27.8 Å². The summed E-state index contributed by atoms with van der Waals surface area (Å²) in [6.07, 6.45) is 2.97. The number of rotatable bonds is 4. The van der Waals surface area contributed by atoms with Gasteiger partial charge in [0.25, 0.3) is 0 Å². The van der Waals surface area contributed by atoms with Crippen LogP contribution in [0.15, 0.2) is 0 Å². The molecule has 0 aromatic rings. The zero-order valence-electron chi connectivity index (χ0n) is 9.68. The van der Waals surface area contributed by atoms with E-state index in [-0.39, 0.29) is 22.1 Å². The molecule has 1 fully saturated rings. The van der Waals surface area contributed by atoms with E-state index in [1.54, 1.807) is 11.8 Å². The number of hydrogen-bond acceptors (Lipinski definition) is 2. The monoisotopic (exact) mass is 249 g/mol. The molecule has 0 aromatic heterocycles. The van der Waals surface area contributed by atoms with E-state index in [9.17, 15) is 4.79 Å². The second kappa shape index (κ2) is 5.44. The van der Waals surface area contributed by atoms with Crippen LogP contribution in [0.1, 0.15) is 40.0 Å². The van der Waals surface area contributed by atoms with Crippen LogP contribution in [0.25, 0.3) is 0 Å². The highest BCUT2D eigenvalue weighted by molar-refractivity contribution is 8.01. The minimum atomic E-state index is -0.205. The Hall–Kier alpha value is 0.110. The zero-order valence-corrected chi connectivity index (χ0v) is 11.3. The Kier molecular flexibility index (Phi) is 4.78. The van der Waals surface area contributed by atoms with Crippen molar-refractivity contribution < 1.29 is 4.79 Å². The standard InChI is InChI=1S/C11H20ClNOS/c1-8(12)7-9(2)13-10(14)11(3)5-4-6-15-11/h8-9H,4-7H2,1-3H3,(H,13,14). The van der Waals surface area contributed by atoms with Gasteiger partial charge in [-0.05, 0) is 45.8 Å². The first-order valence-corrected chi connectivity index (χ1v) is 6.95. The Morgan fingerprint density at radius 1 is 1.60 bits per heavy atom. The molecule has 1 aliphatic rings. The highest BCUT2D eigenvalue weighted by Gasteiger charge is 2.37. The number of carbonyl (C=O) groups excluding carboxylic acids is 1. The predicted octanol–water partition coefficient (Wildman–Crippen LogP) is 2.79. The summed E-state index contributed by atoms with van der Waals surface area (Å²) in [5.74, 6) is 1.28. The van der Waals surface area contributed by atoms with Crippen molar-refractivity contribution in [3.8, 4) is 0 Å². The molecule has 1 saturated heterocycles. The number of nitrogens with one attached hydrogen (secondary N) is 1. The van der Waals surface area contributed by atoms with E-state index in [0.717, 1.165) is 25.0 Å². The van der Waals surface area contributed by atoms with Crippen LogP contribution < -0.4 is 5.32 Å². The van der Waals surface area contributed by atoms with Gasteiger partial charge >= 0.3 is 0 Å². The molecule has 1 amide bonds. The van der Waals surface area contributed by atoms with Crippen LogP contribution in [0.5, 0.6) is 0 Å². The third-order valence-corrected chi connectivity index (χ3v) is 4.45. The number of thioether (sulfide) groups is 1. The summed E-state index contributed by atoms with van der Waals surface area (Å²) in [5, 5.41) is 3.16. The first-order valence-electron chi connectivity index (χ1n) is 5.53. The molecule has 0 spiro atoms. The first kappa shape index (κ1) is 13.2. The van der Waals surface area contributed by atoms with Crippen LogP contribution in [0.4, 0.5) is 0 Å². The molecule has 1 rings (SSSR count). The molecule has 0 saturated carbocycles. The lowest BCUT2D eigenvalue weighted by Crippen LogP contribution is -2.45. The number of amides is 1. The van der Waals surface area contributed by atoms with Gasteiger partial charge < -0.3 is 5.32 Å². The molecule has 88 valence electrons. The molecule has 1 N–H and O–H groups in total. The van der Waals surface area contributed by atoms with E-state index in [1.807, 2.05) is 20.8 Å². The van der Waals surface area contributed by atoms with Crippen molar-refractivity contribution in [3.05, 3.63) is 0 Å². The smallest absolute Gasteiger partial charge is 0.236 e. The highest BCUT2D eigenvalue weighted by atomic mass is 35.5. The maximum absolute atomic E-state index is 12.0. The number of alkyl halides is 1. The average molecular weight is 250 g/mol. The lowest BCUT2D eigenvalue weighted by molar-refractivity contribution is -0.123. The van der Waals surface area contributed by atoms with Crippen molar-refractivity contribution in [1.82, 2.24) is 5.32 Å². The largest absolute Gasteiger partial charge is 0.352 e. The van der Waals surface area contributed by atoms with Gasteiger partial charge in [0.1, 0.15) is 0 Å². The molecule has 1 heterocycles. The molecule has 15 heavy (non-hydrogen) atoms. The lowest BCUT2D eigenvalue weighted by Gasteiger charge is -2.24. The molecule has 3 atom stereocenters. The summed E-state index contributed by atoms with van der Waals surface area (Å²) in [6.45, 7) is 6.01. The van der Waals surface area contributed by atoms with Gasteiger partial charge in [-0.15, -0.1) is 23.4 Å². The van der Waals surface area contributed by atoms with Gasteiger partial charge in [0.15, 0.2) is 0 Å². The van der Waals surface area contributed by atoms with E-state index < -0.39 is 0 Å². The second-order valence-corrected chi connectivity index (χ2v) is 6.92. The van der Waals surface area contributed by atoms with E-state index in [2.05, 4.69) is 5.32 Å². The molecule has 3 unspecified atom stereocenters. The Balaban J connectivity index is 2.40. The van der Waals surface area contributed by atoms with E-state index in [4.69, 9.17) is 11.6 Å². The molecule has 0 bridgehead atoms. The molecule has 2 nitrogen and oxygen atoms in total. The van der Waals surface area contributed by atoms with Crippen molar-refractivity contribution in [3.63, 3.8) is 0 Å². The van der Waals surface area contributed by atoms with Gasteiger partial charge in [-0.3, -0.25) is 4.79 Å². The maximum atomic E-state index is 12.0. The Bertz CT molecular complexity index is 227. The second-order valence-electron chi connectivity index (χ2n) is 4.57. The average Bonchev–Trinajstić information content (AvgIpc) is 2.51. The summed E-state index contributed by atoms with van der Waals surface area (Å²) in [5.41, 5.74) is 0. The predicted molar refractivity (Wildman–Crippen MR) is 67.6 cm³/mol. The van der Waals surface area contributed by atoms with Crippen molar-refractivity contribution in [2.24, 2.45) is 0 Å². The van der Waals surface area contributed by atoms with Crippen molar-refractivity contribution in [2.75, 3.05) is 5.75 Å². The Morgan fingerprint density at radius 3 is 2.73 bits per heavy atom. The van der Waals surface area contributed by atoms with Gasteiger partial charge in [-0.25, -0.2) is 0 Å². The normalized spacial score (nSPS) is 29.9. The Morgan fingerprint density at radius 2 is 2.27 bits per heavy atom.